The molecule has 0 radical (unpaired) electrons. The van der Waals surface area contributed by atoms with E-state index >= 15 is 0 Å². The van der Waals surface area contributed by atoms with Gasteiger partial charge in [-0.25, -0.2) is 4.98 Å². The molecule has 6 nitrogen and oxygen atoms in total. The normalized spacial score (nSPS) is 10.3. The fourth-order valence-corrected chi connectivity index (χ4v) is 1.73. The molecular formula is C14H15N3O3. The molecule has 0 aliphatic rings. The van der Waals surface area contributed by atoms with Gasteiger partial charge in [-0.3, -0.25) is 10.1 Å². The molecule has 0 unspecified atom stereocenters. The van der Waals surface area contributed by atoms with Gasteiger partial charge in [-0.2, -0.15) is 0 Å². The van der Waals surface area contributed by atoms with E-state index in [-0.39, 0.29) is 11.6 Å². The number of benzene rings is 1. The molecule has 2 rings (SSSR count). The predicted octanol–water partition coefficient (Wildman–Crippen LogP) is 2.81. The molecule has 2 aromatic rings. The maximum atomic E-state index is 10.9. The van der Waals surface area contributed by atoms with Crippen LogP contribution in [0.2, 0.25) is 0 Å². The van der Waals surface area contributed by atoms with Crippen LogP contribution in [0.15, 0.2) is 36.4 Å². The lowest BCUT2D eigenvalue weighted by Crippen LogP contribution is -2.04. The summed E-state index contributed by atoms with van der Waals surface area (Å²) in [5.74, 6) is 0.530. The number of nitro groups is 1. The molecule has 1 N–H and O–H groups in total. The van der Waals surface area contributed by atoms with Crippen molar-refractivity contribution in [1.82, 2.24) is 10.3 Å². The van der Waals surface area contributed by atoms with Crippen molar-refractivity contribution in [2.24, 2.45) is 0 Å². The monoisotopic (exact) mass is 273 g/mol. The quantitative estimate of drug-likeness (QED) is 0.669. The first-order valence-corrected chi connectivity index (χ1v) is 6.13. The predicted molar refractivity (Wildman–Crippen MR) is 74.9 cm³/mol. The molecule has 1 aromatic heterocycles. The van der Waals surface area contributed by atoms with Gasteiger partial charge in [0, 0.05) is 18.3 Å². The van der Waals surface area contributed by atoms with E-state index in [1.807, 2.05) is 19.2 Å². The van der Waals surface area contributed by atoms with Gasteiger partial charge in [0.1, 0.15) is 5.75 Å². The van der Waals surface area contributed by atoms with Crippen LogP contribution in [-0.2, 0) is 6.54 Å². The Labute approximate surface area is 116 Å². The Balaban J connectivity index is 2.25. The summed E-state index contributed by atoms with van der Waals surface area (Å²) in [6.07, 6.45) is 0. The van der Waals surface area contributed by atoms with Gasteiger partial charge in [-0.1, -0.05) is 12.1 Å². The highest BCUT2D eigenvalue weighted by Crippen LogP contribution is 2.29. The van der Waals surface area contributed by atoms with Crippen LogP contribution in [-0.4, -0.2) is 17.0 Å². The molecule has 0 bridgehead atoms. The molecule has 0 fully saturated rings. The second-order valence-electron chi connectivity index (χ2n) is 4.31. The minimum atomic E-state index is -0.503. The highest BCUT2D eigenvalue weighted by Gasteiger charge is 2.17. The first-order valence-electron chi connectivity index (χ1n) is 6.13. The third-order valence-corrected chi connectivity index (χ3v) is 2.69. The van der Waals surface area contributed by atoms with E-state index in [9.17, 15) is 10.1 Å². The summed E-state index contributed by atoms with van der Waals surface area (Å²) in [5.41, 5.74) is 1.62. The van der Waals surface area contributed by atoms with E-state index in [0.717, 1.165) is 12.1 Å². The largest absolute Gasteiger partial charge is 0.434 e. The number of nitrogens with one attached hydrogen (secondary N) is 1. The smallest absolute Gasteiger partial charge is 0.331 e. The van der Waals surface area contributed by atoms with Gasteiger partial charge in [0.2, 0.25) is 0 Å². The average Bonchev–Trinajstić information content (AvgIpc) is 2.41. The number of aryl methyl sites for hydroxylation is 1. The zero-order valence-corrected chi connectivity index (χ0v) is 11.3. The molecule has 20 heavy (non-hydrogen) atoms. The zero-order chi connectivity index (χ0) is 14.5. The van der Waals surface area contributed by atoms with Gasteiger partial charge >= 0.3 is 5.69 Å². The third-order valence-electron chi connectivity index (χ3n) is 2.69. The molecular weight excluding hydrogens is 258 g/mol. The minimum Gasteiger partial charge on any atom is -0.434 e. The summed E-state index contributed by atoms with van der Waals surface area (Å²) in [4.78, 5) is 14.5. The Morgan fingerprint density at radius 3 is 2.55 bits per heavy atom. The van der Waals surface area contributed by atoms with Crippen molar-refractivity contribution in [2.45, 2.75) is 13.5 Å². The SMILES string of the molecule is CNCc1ccc(Oc2nc(C)ccc2[N+](=O)[O-])cc1. The van der Waals surface area contributed by atoms with Crippen LogP contribution in [0.25, 0.3) is 0 Å². The summed E-state index contributed by atoms with van der Waals surface area (Å²) in [6, 6.07) is 10.3. The van der Waals surface area contributed by atoms with Crippen LogP contribution in [0.4, 0.5) is 5.69 Å². The van der Waals surface area contributed by atoms with E-state index in [0.29, 0.717) is 11.4 Å². The van der Waals surface area contributed by atoms with Gasteiger partial charge in [-0.15, -0.1) is 0 Å². The first kappa shape index (κ1) is 14.0. The number of hydrogen-bond acceptors (Lipinski definition) is 5. The van der Waals surface area contributed by atoms with Crippen molar-refractivity contribution in [3.05, 3.63) is 57.8 Å². The van der Waals surface area contributed by atoms with Crippen molar-refractivity contribution >= 4 is 5.69 Å². The molecule has 0 saturated carbocycles. The maximum absolute atomic E-state index is 10.9. The van der Waals surface area contributed by atoms with E-state index in [1.165, 1.54) is 6.07 Å². The van der Waals surface area contributed by atoms with Crippen molar-refractivity contribution in [2.75, 3.05) is 7.05 Å². The Hall–Kier alpha value is -2.47. The molecule has 0 amide bonds. The molecule has 0 spiro atoms. The van der Waals surface area contributed by atoms with Gasteiger partial charge in [-0.05, 0) is 37.7 Å². The van der Waals surface area contributed by atoms with Gasteiger partial charge < -0.3 is 10.1 Å². The Morgan fingerprint density at radius 2 is 1.95 bits per heavy atom. The summed E-state index contributed by atoms with van der Waals surface area (Å²) >= 11 is 0. The first-order chi connectivity index (χ1) is 9.60. The Bertz CT molecular complexity index is 612. The van der Waals surface area contributed by atoms with Crippen LogP contribution in [0.3, 0.4) is 0 Å². The lowest BCUT2D eigenvalue weighted by Gasteiger charge is -2.07. The second-order valence-corrected chi connectivity index (χ2v) is 4.31. The molecule has 1 heterocycles. The van der Waals surface area contributed by atoms with E-state index < -0.39 is 4.92 Å². The number of ether oxygens (including phenoxy) is 1. The average molecular weight is 273 g/mol. The van der Waals surface area contributed by atoms with Crippen LogP contribution in [0, 0.1) is 17.0 Å². The minimum absolute atomic E-state index is 0.0105. The van der Waals surface area contributed by atoms with Crippen molar-refractivity contribution in [3.63, 3.8) is 0 Å². The zero-order valence-electron chi connectivity index (χ0n) is 11.3. The fraction of sp³-hybridized carbons (Fsp3) is 0.214. The van der Waals surface area contributed by atoms with E-state index in [4.69, 9.17) is 4.74 Å². The maximum Gasteiger partial charge on any atom is 0.331 e. The van der Waals surface area contributed by atoms with Crippen molar-refractivity contribution in [3.8, 4) is 11.6 Å². The molecule has 1 aromatic carbocycles. The van der Waals surface area contributed by atoms with E-state index in [2.05, 4.69) is 10.3 Å². The lowest BCUT2D eigenvalue weighted by atomic mass is 10.2. The highest BCUT2D eigenvalue weighted by molar-refractivity contribution is 5.44. The topological polar surface area (TPSA) is 77.3 Å². The second kappa shape index (κ2) is 6.12. The summed E-state index contributed by atoms with van der Waals surface area (Å²) in [7, 11) is 1.87. The van der Waals surface area contributed by atoms with Gasteiger partial charge in [0.15, 0.2) is 0 Å². The highest BCUT2D eigenvalue weighted by atomic mass is 16.6. The molecule has 0 atom stereocenters. The summed E-state index contributed by atoms with van der Waals surface area (Å²) < 4.78 is 5.51. The van der Waals surface area contributed by atoms with Crippen molar-refractivity contribution in [1.29, 1.82) is 0 Å². The van der Waals surface area contributed by atoms with E-state index in [1.54, 1.807) is 25.1 Å². The lowest BCUT2D eigenvalue weighted by molar-refractivity contribution is -0.386. The van der Waals surface area contributed by atoms with Crippen LogP contribution in [0.5, 0.6) is 11.6 Å². The number of nitrogens with zero attached hydrogens (tertiary/aromatic N) is 2. The summed E-state index contributed by atoms with van der Waals surface area (Å²) in [5, 5.41) is 14.0. The Morgan fingerprint density at radius 1 is 1.25 bits per heavy atom. The fourth-order valence-electron chi connectivity index (χ4n) is 1.73. The van der Waals surface area contributed by atoms with Gasteiger partial charge in [0.25, 0.3) is 5.88 Å². The number of hydrogen-bond donors (Lipinski definition) is 1. The molecule has 0 aliphatic carbocycles. The number of aromatic nitrogens is 1. The molecule has 104 valence electrons. The molecule has 0 saturated heterocycles. The van der Waals surface area contributed by atoms with Crippen LogP contribution >= 0.6 is 0 Å². The molecule has 6 heteroatoms. The Kier molecular flexibility index (Phi) is 4.27. The van der Waals surface area contributed by atoms with Crippen molar-refractivity contribution < 1.29 is 9.66 Å². The van der Waals surface area contributed by atoms with Crippen LogP contribution in [0.1, 0.15) is 11.3 Å². The van der Waals surface area contributed by atoms with Crippen LogP contribution < -0.4 is 10.1 Å². The molecule has 0 aliphatic heterocycles. The number of pyridine rings is 1. The summed E-state index contributed by atoms with van der Waals surface area (Å²) in [6.45, 7) is 2.51. The van der Waals surface area contributed by atoms with Gasteiger partial charge in [0.05, 0.1) is 4.92 Å². The third kappa shape index (κ3) is 3.30. The number of rotatable bonds is 5. The standard InChI is InChI=1S/C14H15N3O3/c1-10-3-8-13(17(18)19)14(16-10)20-12-6-4-11(5-7-12)9-15-2/h3-8,15H,9H2,1-2H3.